The highest BCUT2D eigenvalue weighted by Crippen LogP contribution is 2.13. The third kappa shape index (κ3) is 3.88. The molecule has 0 N–H and O–H groups in total. The van der Waals surface area contributed by atoms with E-state index in [1.165, 1.54) is 0 Å². The van der Waals surface area contributed by atoms with Gasteiger partial charge < -0.3 is 0 Å². The number of hydrogen-bond donors (Lipinski definition) is 0. The first-order valence-electron chi connectivity index (χ1n) is 7.26. The van der Waals surface area contributed by atoms with Crippen molar-refractivity contribution >= 4 is 23.8 Å². The molecule has 0 unspecified atom stereocenters. The van der Waals surface area contributed by atoms with Crippen LogP contribution < -0.4 is 0 Å². The SMILES string of the molecule is CN(Cc1cccc(Cl)c1)Cn1ncn(-c2ccccc2)c1=S. The number of para-hydroxylation sites is 1. The van der Waals surface area contributed by atoms with Gasteiger partial charge in [-0.15, -0.1) is 0 Å². The molecule has 2 aromatic carbocycles. The highest BCUT2D eigenvalue weighted by molar-refractivity contribution is 7.71. The lowest BCUT2D eigenvalue weighted by Gasteiger charge is -2.16. The molecular weight excluding hydrogens is 328 g/mol. The smallest absolute Gasteiger partial charge is 0.203 e. The average Bonchev–Trinajstić information content (AvgIpc) is 2.89. The molecule has 4 nitrogen and oxygen atoms in total. The van der Waals surface area contributed by atoms with Gasteiger partial charge in [0.05, 0.1) is 6.67 Å². The highest BCUT2D eigenvalue weighted by Gasteiger charge is 2.07. The molecule has 0 spiro atoms. The number of rotatable bonds is 5. The number of aromatic nitrogens is 3. The Morgan fingerprint density at radius 2 is 1.91 bits per heavy atom. The second-order valence-electron chi connectivity index (χ2n) is 5.40. The second-order valence-corrected chi connectivity index (χ2v) is 6.21. The average molecular weight is 345 g/mol. The van der Waals surface area contributed by atoms with Crippen LogP contribution in [-0.4, -0.2) is 26.3 Å². The second kappa shape index (κ2) is 7.08. The number of hydrogen-bond acceptors (Lipinski definition) is 3. The van der Waals surface area contributed by atoms with E-state index in [9.17, 15) is 0 Å². The van der Waals surface area contributed by atoms with E-state index in [-0.39, 0.29) is 0 Å². The van der Waals surface area contributed by atoms with Gasteiger partial charge in [-0.25, -0.2) is 4.68 Å². The quantitative estimate of drug-likeness (QED) is 0.650. The van der Waals surface area contributed by atoms with Gasteiger partial charge in [-0.2, -0.15) is 5.10 Å². The Balaban J connectivity index is 1.73. The van der Waals surface area contributed by atoms with E-state index in [4.69, 9.17) is 23.8 Å². The van der Waals surface area contributed by atoms with Crippen LogP contribution in [0.25, 0.3) is 5.69 Å². The Morgan fingerprint density at radius 3 is 2.65 bits per heavy atom. The lowest BCUT2D eigenvalue weighted by Crippen LogP contribution is -2.22. The molecule has 0 amide bonds. The normalized spacial score (nSPS) is 11.1. The minimum atomic E-state index is 0.616. The van der Waals surface area contributed by atoms with E-state index in [0.717, 1.165) is 22.8 Å². The lowest BCUT2D eigenvalue weighted by atomic mass is 10.2. The first-order chi connectivity index (χ1) is 11.1. The van der Waals surface area contributed by atoms with Gasteiger partial charge in [0.1, 0.15) is 6.33 Å². The molecule has 0 aliphatic rings. The van der Waals surface area contributed by atoms with Crippen molar-refractivity contribution < 1.29 is 0 Å². The van der Waals surface area contributed by atoms with Crippen molar-refractivity contribution in [3.8, 4) is 5.69 Å². The maximum Gasteiger partial charge on any atom is 0.203 e. The van der Waals surface area contributed by atoms with E-state index < -0.39 is 0 Å². The zero-order valence-corrected chi connectivity index (χ0v) is 14.3. The van der Waals surface area contributed by atoms with Gasteiger partial charge in [-0.1, -0.05) is 41.9 Å². The predicted molar refractivity (Wildman–Crippen MR) is 95.3 cm³/mol. The first kappa shape index (κ1) is 15.9. The Hall–Kier alpha value is -1.95. The minimum Gasteiger partial charge on any atom is -0.283 e. The van der Waals surface area contributed by atoms with Gasteiger partial charge in [-0.3, -0.25) is 9.47 Å². The van der Waals surface area contributed by atoms with Gasteiger partial charge in [-0.05, 0) is 49.1 Å². The summed E-state index contributed by atoms with van der Waals surface area (Å²) in [5, 5.41) is 5.15. The van der Waals surface area contributed by atoms with Crippen LogP contribution in [0.4, 0.5) is 0 Å². The van der Waals surface area contributed by atoms with Gasteiger partial charge in [0.25, 0.3) is 0 Å². The number of nitrogens with zero attached hydrogens (tertiary/aromatic N) is 4. The number of benzene rings is 2. The fourth-order valence-corrected chi connectivity index (χ4v) is 2.90. The molecule has 6 heteroatoms. The highest BCUT2D eigenvalue weighted by atomic mass is 35.5. The zero-order valence-electron chi connectivity index (χ0n) is 12.8. The van der Waals surface area contributed by atoms with Crippen molar-refractivity contribution in [2.75, 3.05) is 7.05 Å². The van der Waals surface area contributed by atoms with Crippen LogP contribution in [0.3, 0.4) is 0 Å². The van der Waals surface area contributed by atoms with E-state index in [1.54, 1.807) is 6.33 Å². The summed E-state index contributed by atoms with van der Waals surface area (Å²) in [6.07, 6.45) is 1.75. The van der Waals surface area contributed by atoms with Crippen LogP contribution in [0, 0.1) is 4.77 Å². The molecule has 0 aliphatic carbocycles. The van der Waals surface area contributed by atoms with E-state index >= 15 is 0 Å². The molecule has 3 rings (SSSR count). The van der Waals surface area contributed by atoms with Crippen LogP contribution in [0.15, 0.2) is 60.9 Å². The molecule has 0 saturated heterocycles. The molecular formula is C17H17ClN4S. The summed E-state index contributed by atoms with van der Waals surface area (Å²) < 4.78 is 4.39. The van der Waals surface area contributed by atoms with Gasteiger partial charge >= 0.3 is 0 Å². The third-order valence-corrected chi connectivity index (χ3v) is 4.13. The minimum absolute atomic E-state index is 0.616. The summed E-state index contributed by atoms with van der Waals surface area (Å²) in [5.74, 6) is 0. The van der Waals surface area contributed by atoms with Crippen LogP contribution >= 0.6 is 23.8 Å². The molecule has 0 aliphatic heterocycles. The van der Waals surface area contributed by atoms with Crippen molar-refractivity contribution in [1.29, 1.82) is 0 Å². The van der Waals surface area contributed by atoms with E-state index in [2.05, 4.69) is 16.1 Å². The standard InChI is InChI=1S/C17H17ClN4S/c1-20(11-14-6-5-7-15(18)10-14)13-22-17(23)21(12-19-22)16-8-3-2-4-9-16/h2-10,12H,11,13H2,1H3. The summed E-state index contributed by atoms with van der Waals surface area (Å²) in [7, 11) is 2.03. The largest absolute Gasteiger partial charge is 0.283 e. The zero-order chi connectivity index (χ0) is 16.2. The molecule has 0 radical (unpaired) electrons. The topological polar surface area (TPSA) is 26.0 Å². The van der Waals surface area contributed by atoms with Gasteiger partial charge in [0, 0.05) is 17.3 Å². The molecule has 0 saturated carbocycles. The maximum atomic E-state index is 6.03. The maximum absolute atomic E-state index is 6.03. The summed E-state index contributed by atoms with van der Waals surface area (Å²) >= 11 is 11.6. The lowest BCUT2D eigenvalue weighted by molar-refractivity contribution is 0.244. The molecule has 3 aromatic rings. The fourth-order valence-electron chi connectivity index (χ4n) is 2.43. The monoisotopic (exact) mass is 344 g/mol. The molecule has 23 heavy (non-hydrogen) atoms. The van der Waals surface area contributed by atoms with Crippen molar-refractivity contribution in [3.63, 3.8) is 0 Å². The summed E-state index contributed by atoms with van der Waals surface area (Å²) in [6, 6.07) is 17.8. The summed E-state index contributed by atoms with van der Waals surface area (Å²) in [5.41, 5.74) is 2.18. The molecule has 0 bridgehead atoms. The van der Waals surface area contributed by atoms with E-state index in [0.29, 0.717) is 11.4 Å². The first-order valence-corrected chi connectivity index (χ1v) is 8.05. The molecule has 0 atom stereocenters. The van der Waals surface area contributed by atoms with Crippen molar-refractivity contribution in [2.24, 2.45) is 0 Å². The van der Waals surface area contributed by atoms with Crippen LogP contribution in [0.2, 0.25) is 5.02 Å². The van der Waals surface area contributed by atoms with Gasteiger partial charge in [0.2, 0.25) is 4.77 Å². The predicted octanol–water partition coefficient (Wildman–Crippen LogP) is 4.15. The van der Waals surface area contributed by atoms with Crippen LogP contribution in [0.5, 0.6) is 0 Å². The Kier molecular flexibility index (Phi) is 4.91. The van der Waals surface area contributed by atoms with Crippen molar-refractivity contribution in [1.82, 2.24) is 19.2 Å². The molecule has 1 heterocycles. The third-order valence-electron chi connectivity index (χ3n) is 3.48. The Bertz CT molecular complexity index is 841. The van der Waals surface area contributed by atoms with Crippen molar-refractivity contribution in [2.45, 2.75) is 13.2 Å². The van der Waals surface area contributed by atoms with E-state index in [1.807, 2.05) is 64.8 Å². The fraction of sp³-hybridized carbons (Fsp3) is 0.176. The Morgan fingerprint density at radius 1 is 1.13 bits per heavy atom. The van der Waals surface area contributed by atoms with Gasteiger partial charge in [0.15, 0.2) is 0 Å². The molecule has 118 valence electrons. The molecule has 0 fully saturated rings. The van der Waals surface area contributed by atoms with Crippen LogP contribution in [0.1, 0.15) is 5.56 Å². The number of halogens is 1. The Labute approximate surface area is 145 Å². The summed E-state index contributed by atoms with van der Waals surface area (Å²) in [6.45, 7) is 1.39. The molecule has 1 aromatic heterocycles. The van der Waals surface area contributed by atoms with Crippen molar-refractivity contribution in [3.05, 3.63) is 76.3 Å². The van der Waals surface area contributed by atoms with Crippen LogP contribution in [-0.2, 0) is 13.2 Å². The summed E-state index contributed by atoms with van der Waals surface area (Å²) in [4.78, 5) is 2.14.